The predicted octanol–water partition coefficient (Wildman–Crippen LogP) is 2.87. The van der Waals surface area contributed by atoms with Gasteiger partial charge in [0.1, 0.15) is 6.61 Å². The number of ketones is 1. The van der Waals surface area contributed by atoms with Crippen molar-refractivity contribution in [1.29, 1.82) is 5.26 Å². The average molecular weight is 301 g/mol. The first-order valence-corrected chi connectivity index (χ1v) is 7.87. The number of hydrogen-bond donors (Lipinski definition) is 0. The molecule has 1 aromatic heterocycles. The standard InChI is InChI=1S/C17H23N3O2/c1-11-6-4-5-7-16(11)22-10-15(21)14(9-18)17-19-12(2)8-13(3)20-17/h8,11,14,16H,4-7,10H2,1-3H3/t11-,14+,16-/m0/s1. The van der Waals surface area contributed by atoms with Crippen LogP contribution in [0.15, 0.2) is 6.07 Å². The summed E-state index contributed by atoms with van der Waals surface area (Å²) in [5.74, 6) is -0.451. The third-order valence-corrected chi connectivity index (χ3v) is 4.18. The molecule has 0 saturated heterocycles. The number of carbonyl (C=O) groups excluding carboxylic acids is 1. The number of aromatic nitrogens is 2. The zero-order valence-corrected chi connectivity index (χ0v) is 13.5. The molecule has 0 radical (unpaired) electrons. The second-order valence-electron chi connectivity index (χ2n) is 6.15. The van der Waals surface area contributed by atoms with Gasteiger partial charge in [0.05, 0.1) is 12.2 Å². The minimum absolute atomic E-state index is 0.0381. The molecule has 1 heterocycles. The summed E-state index contributed by atoms with van der Waals surface area (Å²) < 4.78 is 5.77. The number of rotatable bonds is 5. The molecule has 2 rings (SSSR count). The highest BCUT2D eigenvalue weighted by molar-refractivity contribution is 5.88. The van der Waals surface area contributed by atoms with Crippen molar-refractivity contribution in [2.45, 2.75) is 58.5 Å². The summed E-state index contributed by atoms with van der Waals surface area (Å²) in [6, 6.07) is 3.84. The Bertz CT molecular complexity index is 560. The lowest BCUT2D eigenvalue weighted by Gasteiger charge is -2.28. The van der Waals surface area contributed by atoms with Crippen molar-refractivity contribution in [3.8, 4) is 6.07 Å². The zero-order chi connectivity index (χ0) is 16.1. The van der Waals surface area contributed by atoms with Gasteiger partial charge >= 0.3 is 0 Å². The number of Topliss-reactive ketones (excluding diaryl/α,β-unsaturated/α-hetero) is 1. The van der Waals surface area contributed by atoms with Crippen molar-refractivity contribution in [3.05, 3.63) is 23.3 Å². The maximum Gasteiger partial charge on any atom is 0.183 e. The summed E-state index contributed by atoms with van der Waals surface area (Å²) in [5.41, 5.74) is 1.52. The van der Waals surface area contributed by atoms with Crippen LogP contribution in [0.5, 0.6) is 0 Å². The van der Waals surface area contributed by atoms with Gasteiger partial charge in [-0.1, -0.05) is 19.8 Å². The second kappa shape index (κ2) is 7.46. The van der Waals surface area contributed by atoms with E-state index >= 15 is 0 Å². The van der Waals surface area contributed by atoms with E-state index < -0.39 is 5.92 Å². The molecule has 5 nitrogen and oxygen atoms in total. The highest BCUT2D eigenvalue weighted by Crippen LogP contribution is 2.26. The van der Waals surface area contributed by atoms with Crippen LogP contribution in [0.1, 0.15) is 55.7 Å². The van der Waals surface area contributed by atoms with Crippen LogP contribution < -0.4 is 0 Å². The number of hydrogen-bond acceptors (Lipinski definition) is 5. The number of ether oxygens (including phenoxy) is 1. The van der Waals surface area contributed by atoms with Crippen molar-refractivity contribution in [1.82, 2.24) is 9.97 Å². The molecule has 1 fully saturated rings. The van der Waals surface area contributed by atoms with Gasteiger partial charge in [0.2, 0.25) is 0 Å². The van der Waals surface area contributed by atoms with E-state index in [0.717, 1.165) is 30.7 Å². The van der Waals surface area contributed by atoms with Crippen molar-refractivity contribution in [3.63, 3.8) is 0 Å². The van der Waals surface area contributed by atoms with Crippen molar-refractivity contribution < 1.29 is 9.53 Å². The van der Waals surface area contributed by atoms with Crippen molar-refractivity contribution in [2.75, 3.05) is 6.61 Å². The average Bonchev–Trinajstić information content (AvgIpc) is 2.46. The van der Waals surface area contributed by atoms with Crippen molar-refractivity contribution in [2.24, 2.45) is 5.92 Å². The number of nitriles is 1. The first-order chi connectivity index (χ1) is 10.5. The molecular formula is C17H23N3O2. The molecular weight excluding hydrogens is 278 g/mol. The van der Waals surface area contributed by atoms with E-state index in [-0.39, 0.29) is 24.3 Å². The topological polar surface area (TPSA) is 75.9 Å². The Labute approximate surface area is 131 Å². The Hall–Kier alpha value is -1.80. The fourth-order valence-electron chi connectivity index (χ4n) is 2.96. The summed E-state index contributed by atoms with van der Waals surface area (Å²) >= 11 is 0. The van der Waals surface area contributed by atoms with Crippen LogP contribution in [-0.4, -0.2) is 28.5 Å². The molecule has 1 aliphatic rings. The molecule has 1 aromatic rings. The lowest BCUT2D eigenvalue weighted by atomic mass is 9.88. The summed E-state index contributed by atoms with van der Waals surface area (Å²) in [5, 5.41) is 9.31. The summed E-state index contributed by atoms with van der Waals surface area (Å²) in [7, 11) is 0. The Morgan fingerprint density at radius 1 is 1.36 bits per heavy atom. The molecule has 0 bridgehead atoms. The van der Waals surface area contributed by atoms with E-state index in [2.05, 4.69) is 16.9 Å². The quantitative estimate of drug-likeness (QED) is 0.836. The third kappa shape index (κ3) is 4.11. The van der Waals surface area contributed by atoms with E-state index in [1.54, 1.807) is 0 Å². The first kappa shape index (κ1) is 16.6. The Kier molecular flexibility index (Phi) is 5.62. The van der Waals surface area contributed by atoms with Crippen molar-refractivity contribution >= 4 is 5.78 Å². The number of carbonyl (C=O) groups is 1. The van der Waals surface area contributed by atoms with Gasteiger partial charge < -0.3 is 4.74 Å². The maximum absolute atomic E-state index is 12.3. The predicted molar refractivity (Wildman–Crippen MR) is 82.2 cm³/mol. The highest BCUT2D eigenvalue weighted by Gasteiger charge is 2.27. The maximum atomic E-state index is 12.3. The Morgan fingerprint density at radius 3 is 2.59 bits per heavy atom. The molecule has 0 unspecified atom stereocenters. The molecule has 0 aliphatic heterocycles. The molecule has 0 spiro atoms. The Morgan fingerprint density at radius 2 is 2.00 bits per heavy atom. The Balaban J connectivity index is 2.01. The van der Waals surface area contributed by atoms with Crippen LogP contribution in [0.4, 0.5) is 0 Å². The van der Waals surface area contributed by atoms with Gasteiger partial charge in [-0.25, -0.2) is 9.97 Å². The van der Waals surface area contributed by atoms with Gasteiger partial charge in [-0.2, -0.15) is 5.26 Å². The van der Waals surface area contributed by atoms with Gasteiger partial charge in [-0.05, 0) is 38.7 Å². The van der Waals surface area contributed by atoms with Crippen LogP contribution in [0.25, 0.3) is 0 Å². The van der Waals surface area contributed by atoms with Gasteiger partial charge in [0.25, 0.3) is 0 Å². The summed E-state index contributed by atoms with van der Waals surface area (Å²) in [4.78, 5) is 20.8. The largest absolute Gasteiger partial charge is 0.370 e. The van der Waals surface area contributed by atoms with E-state index in [1.807, 2.05) is 26.0 Å². The smallest absolute Gasteiger partial charge is 0.183 e. The minimum Gasteiger partial charge on any atom is -0.370 e. The van der Waals surface area contributed by atoms with E-state index in [4.69, 9.17) is 4.74 Å². The van der Waals surface area contributed by atoms with Gasteiger partial charge in [-0.3, -0.25) is 4.79 Å². The van der Waals surface area contributed by atoms with Gasteiger partial charge in [0, 0.05) is 11.4 Å². The fraction of sp³-hybridized carbons (Fsp3) is 0.647. The van der Waals surface area contributed by atoms with E-state index in [0.29, 0.717) is 5.92 Å². The fourth-order valence-corrected chi connectivity index (χ4v) is 2.96. The van der Waals surface area contributed by atoms with Crippen LogP contribution >= 0.6 is 0 Å². The van der Waals surface area contributed by atoms with Crippen LogP contribution in [-0.2, 0) is 9.53 Å². The number of aryl methyl sites for hydroxylation is 2. The first-order valence-electron chi connectivity index (χ1n) is 7.87. The molecule has 1 saturated carbocycles. The zero-order valence-electron chi connectivity index (χ0n) is 13.5. The molecule has 1 aliphatic carbocycles. The molecule has 5 heteroatoms. The molecule has 22 heavy (non-hydrogen) atoms. The van der Waals surface area contributed by atoms with Gasteiger partial charge in [-0.15, -0.1) is 0 Å². The third-order valence-electron chi connectivity index (χ3n) is 4.18. The molecule has 3 atom stereocenters. The molecule has 118 valence electrons. The summed E-state index contributed by atoms with van der Waals surface area (Å²) in [6.45, 7) is 5.78. The van der Waals surface area contributed by atoms with E-state index in [9.17, 15) is 10.1 Å². The molecule has 0 N–H and O–H groups in total. The van der Waals surface area contributed by atoms with Crippen LogP contribution in [0, 0.1) is 31.1 Å². The lowest BCUT2D eigenvalue weighted by molar-refractivity contribution is -0.127. The highest BCUT2D eigenvalue weighted by atomic mass is 16.5. The van der Waals surface area contributed by atoms with E-state index in [1.165, 1.54) is 6.42 Å². The normalized spacial score (nSPS) is 22.8. The number of nitrogens with zero attached hydrogens (tertiary/aromatic N) is 3. The second-order valence-corrected chi connectivity index (χ2v) is 6.15. The lowest BCUT2D eigenvalue weighted by Crippen LogP contribution is -2.29. The minimum atomic E-state index is -0.947. The summed E-state index contributed by atoms with van der Waals surface area (Å²) in [6.07, 6.45) is 4.63. The van der Waals surface area contributed by atoms with Gasteiger partial charge in [0.15, 0.2) is 17.5 Å². The monoisotopic (exact) mass is 301 g/mol. The SMILES string of the molecule is Cc1cc(C)nc([C@H](C#N)C(=O)CO[C@H]2CCCC[C@@H]2C)n1. The van der Waals surface area contributed by atoms with Crippen LogP contribution in [0.3, 0.4) is 0 Å². The van der Waals surface area contributed by atoms with Crippen LogP contribution in [0.2, 0.25) is 0 Å². The molecule has 0 aromatic carbocycles. The molecule has 0 amide bonds.